The zero-order chi connectivity index (χ0) is 15.0. The molecule has 1 amide bonds. The van der Waals surface area contributed by atoms with Crippen molar-refractivity contribution in [3.05, 3.63) is 36.5 Å². The summed E-state index contributed by atoms with van der Waals surface area (Å²) in [6, 6.07) is 0. The molecule has 3 nitrogen and oxygen atoms in total. The highest BCUT2D eigenvalue weighted by Crippen LogP contribution is 2.26. The predicted octanol–water partition coefficient (Wildman–Crippen LogP) is 2.38. The molecular formula is C14H19F3N2O. The Balaban J connectivity index is 2.65. The number of carbonyl (C=O) groups excluding carboxylic acids is 1. The van der Waals surface area contributed by atoms with Crippen LogP contribution in [0.2, 0.25) is 0 Å². The number of allylic oxidation sites excluding steroid dienone is 4. The van der Waals surface area contributed by atoms with Crippen LogP contribution in [0.25, 0.3) is 0 Å². The van der Waals surface area contributed by atoms with E-state index in [9.17, 15) is 18.0 Å². The lowest BCUT2D eigenvalue weighted by Gasteiger charge is -2.19. The first-order valence-corrected chi connectivity index (χ1v) is 6.45. The molecule has 0 atom stereocenters. The molecular weight excluding hydrogens is 269 g/mol. The molecule has 0 bridgehead atoms. The highest BCUT2D eigenvalue weighted by Gasteiger charge is 2.31. The largest absolute Gasteiger partial charge is 0.416 e. The predicted molar refractivity (Wildman–Crippen MR) is 72.2 cm³/mol. The van der Waals surface area contributed by atoms with Crippen molar-refractivity contribution >= 4 is 6.41 Å². The highest BCUT2D eigenvalue weighted by molar-refractivity contribution is 5.46. The summed E-state index contributed by atoms with van der Waals surface area (Å²) in [6.07, 6.45) is 1.98. The summed E-state index contributed by atoms with van der Waals surface area (Å²) in [5, 5.41) is 0. The summed E-state index contributed by atoms with van der Waals surface area (Å²) in [6.45, 7) is 6.09. The second-order valence-corrected chi connectivity index (χ2v) is 4.55. The van der Waals surface area contributed by atoms with E-state index >= 15 is 0 Å². The van der Waals surface area contributed by atoms with Gasteiger partial charge in [-0.15, -0.1) is 0 Å². The van der Waals surface area contributed by atoms with Crippen LogP contribution >= 0.6 is 0 Å². The topological polar surface area (TPSA) is 23.6 Å². The van der Waals surface area contributed by atoms with E-state index in [0.717, 1.165) is 18.9 Å². The van der Waals surface area contributed by atoms with Crippen molar-refractivity contribution < 1.29 is 18.0 Å². The van der Waals surface area contributed by atoms with E-state index in [1.165, 1.54) is 18.2 Å². The molecule has 1 heterocycles. The van der Waals surface area contributed by atoms with E-state index in [0.29, 0.717) is 26.2 Å². The van der Waals surface area contributed by atoms with E-state index in [2.05, 4.69) is 6.58 Å². The number of nitrogens with zero attached hydrogens (tertiary/aromatic N) is 2. The first kappa shape index (κ1) is 16.5. The monoisotopic (exact) mass is 288 g/mol. The van der Waals surface area contributed by atoms with Crippen LogP contribution < -0.4 is 0 Å². The first-order valence-electron chi connectivity index (χ1n) is 6.45. The average molecular weight is 288 g/mol. The van der Waals surface area contributed by atoms with Crippen LogP contribution in [0.4, 0.5) is 13.2 Å². The molecule has 0 spiro atoms. The van der Waals surface area contributed by atoms with E-state index in [1.807, 2.05) is 4.90 Å². The second-order valence-electron chi connectivity index (χ2n) is 4.55. The second kappa shape index (κ2) is 7.89. The molecule has 0 N–H and O–H groups in total. The fraction of sp³-hybridized carbons (Fsp3) is 0.500. The number of amides is 1. The van der Waals surface area contributed by atoms with E-state index in [-0.39, 0.29) is 6.54 Å². The lowest BCUT2D eigenvalue weighted by atomic mass is 10.2. The summed E-state index contributed by atoms with van der Waals surface area (Å²) in [5.41, 5.74) is -0.672. The molecule has 0 aromatic carbocycles. The van der Waals surface area contributed by atoms with E-state index in [1.54, 1.807) is 4.90 Å². The van der Waals surface area contributed by atoms with Gasteiger partial charge in [0.05, 0.1) is 5.57 Å². The lowest BCUT2D eigenvalue weighted by Crippen LogP contribution is -2.30. The van der Waals surface area contributed by atoms with Gasteiger partial charge in [0.15, 0.2) is 0 Å². The lowest BCUT2D eigenvalue weighted by molar-refractivity contribution is -0.118. The van der Waals surface area contributed by atoms with Gasteiger partial charge in [0.25, 0.3) is 0 Å². The molecule has 1 fully saturated rings. The minimum atomic E-state index is -4.36. The maximum absolute atomic E-state index is 12.8. The minimum Gasteiger partial charge on any atom is -0.344 e. The molecule has 112 valence electrons. The zero-order valence-electron chi connectivity index (χ0n) is 11.3. The standard InChI is InChI=1S/C14H19F3N2O/c1-2-3-5-13(14(15,16)17)6-9-18-7-4-8-19(12-20)11-10-18/h2-3,5-6,12H,1,4,7-11H2/b5-3-,13-6+. The molecule has 0 saturated carbocycles. The van der Waals surface area contributed by atoms with Gasteiger partial charge in [-0.3, -0.25) is 9.69 Å². The van der Waals surface area contributed by atoms with Crippen LogP contribution in [0, 0.1) is 0 Å². The summed E-state index contributed by atoms with van der Waals surface area (Å²) >= 11 is 0. The molecule has 0 radical (unpaired) electrons. The number of alkyl halides is 3. The Morgan fingerprint density at radius 2 is 1.95 bits per heavy atom. The highest BCUT2D eigenvalue weighted by atomic mass is 19.4. The third kappa shape index (κ3) is 5.61. The van der Waals surface area contributed by atoms with Gasteiger partial charge >= 0.3 is 6.18 Å². The smallest absolute Gasteiger partial charge is 0.344 e. The summed E-state index contributed by atoms with van der Waals surface area (Å²) < 4.78 is 38.3. The Morgan fingerprint density at radius 1 is 1.20 bits per heavy atom. The van der Waals surface area contributed by atoms with E-state index < -0.39 is 11.7 Å². The Bertz CT molecular complexity index is 388. The molecule has 0 aromatic heterocycles. The average Bonchev–Trinajstić information content (AvgIpc) is 2.62. The molecule has 0 unspecified atom stereocenters. The van der Waals surface area contributed by atoms with Crippen molar-refractivity contribution in [2.24, 2.45) is 0 Å². The maximum Gasteiger partial charge on any atom is 0.416 e. The quantitative estimate of drug-likeness (QED) is 0.573. The summed E-state index contributed by atoms with van der Waals surface area (Å²) in [4.78, 5) is 14.2. The van der Waals surface area contributed by atoms with Gasteiger partial charge in [-0.05, 0) is 6.42 Å². The number of carbonyl (C=O) groups is 1. The van der Waals surface area contributed by atoms with Crippen molar-refractivity contribution in [2.75, 3.05) is 32.7 Å². The van der Waals surface area contributed by atoms with E-state index in [4.69, 9.17) is 0 Å². The van der Waals surface area contributed by atoms with Crippen LogP contribution in [0.1, 0.15) is 6.42 Å². The molecule has 1 saturated heterocycles. The molecule has 0 aliphatic carbocycles. The summed E-state index contributed by atoms with van der Waals surface area (Å²) in [7, 11) is 0. The van der Waals surface area contributed by atoms with Crippen LogP contribution in [0.5, 0.6) is 0 Å². The Kier molecular flexibility index (Phi) is 6.51. The molecule has 6 heteroatoms. The SMILES string of the molecule is C=C/C=C\C(=C/CN1CCCN(C=O)CC1)C(F)(F)F. The van der Waals surface area contributed by atoms with Gasteiger partial charge in [-0.1, -0.05) is 30.9 Å². The van der Waals surface area contributed by atoms with Crippen LogP contribution in [0.15, 0.2) is 36.5 Å². The van der Waals surface area contributed by atoms with Gasteiger partial charge in [-0.2, -0.15) is 13.2 Å². The van der Waals surface area contributed by atoms with Gasteiger partial charge in [0.2, 0.25) is 6.41 Å². The fourth-order valence-corrected chi connectivity index (χ4v) is 1.96. The van der Waals surface area contributed by atoms with Crippen LogP contribution in [0.3, 0.4) is 0 Å². The molecule has 1 rings (SSSR count). The van der Waals surface area contributed by atoms with Gasteiger partial charge in [-0.25, -0.2) is 0 Å². The van der Waals surface area contributed by atoms with Crippen molar-refractivity contribution in [2.45, 2.75) is 12.6 Å². The maximum atomic E-state index is 12.8. The van der Waals surface area contributed by atoms with Crippen LogP contribution in [-0.4, -0.2) is 55.1 Å². The molecule has 1 aliphatic rings. The van der Waals surface area contributed by atoms with Gasteiger partial charge in [0, 0.05) is 32.7 Å². The van der Waals surface area contributed by atoms with Crippen molar-refractivity contribution in [1.82, 2.24) is 9.80 Å². The molecule has 20 heavy (non-hydrogen) atoms. The number of hydrogen-bond acceptors (Lipinski definition) is 2. The Labute approximate surface area is 117 Å². The minimum absolute atomic E-state index is 0.225. The number of rotatable bonds is 5. The Morgan fingerprint density at radius 3 is 2.55 bits per heavy atom. The van der Waals surface area contributed by atoms with Gasteiger partial charge in [0.1, 0.15) is 0 Å². The van der Waals surface area contributed by atoms with Crippen molar-refractivity contribution in [1.29, 1.82) is 0 Å². The molecule has 1 aliphatic heterocycles. The number of halogens is 3. The third-order valence-electron chi connectivity index (χ3n) is 3.08. The third-order valence-corrected chi connectivity index (χ3v) is 3.08. The zero-order valence-corrected chi connectivity index (χ0v) is 11.3. The normalized spacial score (nSPS) is 19.1. The van der Waals surface area contributed by atoms with Crippen LogP contribution in [-0.2, 0) is 4.79 Å². The first-order chi connectivity index (χ1) is 9.47. The van der Waals surface area contributed by atoms with Crippen molar-refractivity contribution in [3.63, 3.8) is 0 Å². The molecule has 0 aromatic rings. The fourth-order valence-electron chi connectivity index (χ4n) is 1.96. The van der Waals surface area contributed by atoms with Gasteiger partial charge < -0.3 is 4.90 Å². The number of hydrogen-bond donors (Lipinski definition) is 0. The van der Waals surface area contributed by atoms with Crippen molar-refractivity contribution in [3.8, 4) is 0 Å². The summed E-state index contributed by atoms with van der Waals surface area (Å²) in [5.74, 6) is 0. The Hall–Kier alpha value is -1.56.